The second kappa shape index (κ2) is 5.51. The van der Waals surface area contributed by atoms with Gasteiger partial charge in [0.2, 0.25) is 10.0 Å². The molecular formula is C16H15N3O3S. The van der Waals surface area contributed by atoms with Gasteiger partial charge in [0.25, 0.3) is 5.56 Å². The summed E-state index contributed by atoms with van der Waals surface area (Å²) >= 11 is 0. The fourth-order valence-corrected chi connectivity index (χ4v) is 2.93. The summed E-state index contributed by atoms with van der Waals surface area (Å²) in [4.78, 5) is 19.5. The van der Waals surface area contributed by atoms with Gasteiger partial charge >= 0.3 is 0 Å². The van der Waals surface area contributed by atoms with Crippen LogP contribution in [-0.4, -0.2) is 24.6 Å². The van der Waals surface area contributed by atoms with E-state index >= 15 is 0 Å². The highest BCUT2D eigenvalue weighted by Crippen LogP contribution is 2.27. The summed E-state index contributed by atoms with van der Waals surface area (Å²) in [5.74, 6) is 0. The number of hydrogen-bond acceptors (Lipinski definition) is 4. The van der Waals surface area contributed by atoms with E-state index in [1.165, 1.54) is 0 Å². The van der Waals surface area contributed by atoms with Gasteiger partial charge in [0.15, 0.2) is 0 Å². The molecule has 0 saturated carbocycles. The van der Waals surface area contributed by atoms with Crippen LogP contribution in [0.15, 0.2) is 47.3 Å². The van der Waals surface area contributed by atoms with Crippen molar-refractivity contribution in [3.8, 4) is 11.3 Å². The minimum absolute atomic E-state index is 0.179. The molecule has 2 N–H and O–H groups in total. The number of aromatic nitrogens is 2. The SMILES string of the molecule is Cc1ccc(NS(C)(=O)=O)c(-c2nc3ccccc3[nH]c2=O)c1. The summed E-state index contributed by atoms with van der Waals surface area (Å²) < 4.78 is 25.5. The third-order valence-electron chi connectivity index (χ3n) is 3.33. The number of H-pyrrole nitrogens is 1. The van der Waals surface area contributed by atoms with Crippen molar-refractivity contribution in [2.45, 2.75) is 6.92 Å². The van der Waals surface area contributed by atoms with E-state index in [2.05, 4.69) is 14.7 Å². The van der Waals surface area contributed by atoms with Crippen LogP contribution in [0.3, 0.4) is 0 Å². The molecule has 0 amide bonds. The fraction of sp³-hybridized carbons (Fsp3) is 0.125. The van der Waals surface area contributed by atoms with Gasteiger partial charge in [0.1, 0.15) is 5.69 Å². The molecule has 0 fully saturated rings. The Bertz CT molecular complexity index is 1060. The molecule has 7 heteroatoms. The second-order valence-corrected chi connectivity index (χ2v) is 7.10. The summed E-state index contributed by atoms with van der Waals surface area (Å²) in [6.07, 6.45) is 1.06. The zero-order valence-electron chi connectivity index (χ0n) is 12.6. The number of anilines is 1. The van der Waals surface area contributed by atoms with Gasteiger partial charge in [-0.1, -0.05) is 23.8 Å². The quantitative estimate of drug-likeness (QED) is 0.771. The van der Waals surface area contributed by atoms with Crippen molar-refractivity contribution < 1.29 is 8.42 Å². The molecule has 0 unspecified atom stereocenters. The maximum Gasteiger partial charge on any atom is 0.275 e. The molecule has 0 saturated heterocycles. The van der Waals surface area contributed by atoms with Crippen molar-refractivity contribution in [2.75, 3.05) is 11.0 Å². The number of benzene rings is 2. The Labute approximate surface area is 133 Å². The minimum atomic E-state index is -3.47. The van der Waals surface area contributed by atoms with Crippen LogP contribution in [0, 0.1) is 6.92 Å². The van der Waals surface area contributed by atoms with E-state index in [1.54, 1.807) is 30.3 Å². The van der Waals surface area contributed by atoms with Gasteiger partial charge in [-0.25, -0.2) is 13.4 Å². The predicted molar refractivity (Wildman–Crippen MR) is 91.0 cm³/mol. The molecule has 0 atom stereocenters. The normalized spacial score (nSPS) is 11.6. The Kier molecular flexibility index (Phi) is 3.65. The molecule has 3 aromatic rings. The van der Waals surface area contributed by atoms with Crippen molar-refractivity contribution in [1.29, 1.82) is 0 Å². The van der Waals surface area contributed by atoms with Crippen molar-refractivity contribution in [2.24, 2.45) is 0 Å². The molecule has 118 valence electrons. The van der Waals surface area contributed by atoms with Crippen molar-refractivity contribution in [3.63, 3.8) is 0 Å². The third-order valence-corrected chi connectivity index (χ3v) is 3.92. The lowest BCUT2D eigenvalue weighted by Crippen LogP contribution is -2.15. The van der Waals surface area contributed by atoms with Gasteiger partial charge in [-0.05, 0) is 31.2 Å². The molecule has 3 rings (SSSR count). The zero-order chi connectivity index (χ0) is 16.6. The van der Waals surface area contributed by atoms with E-state index < -0.39 is 10.0 Å². The lowest BCUT2D eigenvalue weighted by molar-refractivity contribution is 0.607. The van der Waals surface area contributed by atoms with Gasteiger partial charge in [0.05, 0.1) is 23.0 Å². The van der Waals surface area contributed by atoms with E-state index in [4.69, 9.17) is 0 Å². The van der Waals surface area contributed by atoms with Gasteiger partial charge in [-0.3, -0.25) is 9.52 Å². The lowest BCUT2D eigenvalue weighted by Gasteiger charge is -2.11. The maximum atomic E-state index is 12.4. The van der Waals surface area contributed by atoms with Crippen LogP contribution in [0.2, 0.25) is 0 Å². The van der Waals surface area contributed by atoms with Crippen LogP contribution in [0.5, 0.6) is 0 Å². The van der Waals surface area contributed by atoms with Crippen molar-refractivity contribution in [1.82, 2.24) is 9.97 Å². The topological polar surface area (TPSA) is 91.9 Å². The highest BCUT2D eigenvalue weighted by molar-refractivity contribution is 7.92. The molecule has 1 heterocycles. The van der Waals surface area contributed by atoms with Crippen molar-refractivity contribution >= 4 is 26.7 Å². The van der Waals surface area contributed by atoms with Gasteiger partial charge in [-0.15, -0.1) is 0 Å². The van der Waals surface area contributed by atoms with Crippen LogP contribution in [0.1, 0.15) is 5.56 Å². The van der Waals surface area contributed by atoms with E-state index in [9.17, 15) is 13.2 Å². The third kappa shape index (κ3) is 3.24. The molecule has 0 aliphatic rings. The molecular weight excluding hydrogens is 314 g/mol. The van der Waals surface area contributed by atoms with Crippen LogP contribution >= 0.6 is 0 Å². The standard InChI is InChI=1S/C16H15N3O3S/c1-10-7-8-12(19-23(2,21)22)11(9-10)15-16(20)18-14-6-4-3-5-13(14)17-15/h3-9,19H,1-2H3,(H,18,20). The molecule has 0 spiro atoms. The van der Waals surface area contributed by atoms with E-state index in [0.29, 0.717) is 22.3 Å². The van der Waals surface area contributed by atoms with Crippen LogP contribution in [0.25, 0.3) is 22.3 Å². The highest BCUT2D eigenvalue weighted by Gasteiger charge is 2.14. The summed E-state index contributed by atoms with van der Waals surface area (Å²) in [7, 11) is -3.47. The van der Waals surface area contributed by atoms with Crippen molar-refractivity contribution in [3.05, 3.63) is 58.4 Å². The zero-order valence-corrected chi connectivity index (χ0v) is 13.4. The first-order valence-corrected chi connectivity index (χ1v) is 8.80. The number of nitrogens with one attached hydrogen (secondary N) is 2. The van der Waals surface area contributed by atoms with Gasteiger partial charge in [0, 0.05) is 5.56 Å². The van der Waals surface area contributed by atoms with E-state index in [-0.39, 0.29) is 11.3 Å². The number of para-hydroxylation sites is 2. The van der Waals surface area contributed by atoms with E-state index in [0.717, 1.165) is 11.8 Å². The summed E-state index contributed by atoms with van der Waals surface area (Å²) in [5, 5.41) is 0. The molecule has 0 aliphatic heterocycles. The number of hydrogen-bond donors (Lipinski definition) is 2. The summed E-state index contributed by atoms with van der Waals surface area (Å²) in [6, 6.07) is 12.3. The van der Waals surface area contributed by atoms with Crippen LogP contribution < -0.4 is 10.3 Å². The second-order valence-electron chi connectivity index (χ2n) is 5.35. The van der Waals surface area contributed by atoms with E-state index in [1.807, 2.05) is 19.1 Å². The molecule has 23 heavy (non-hydrogen) atoms. The smallest absolute Gasteiger partial charge is 0.275 e. The summed E-state index contributed by atoms with van der Waals surface area (Å²) in [5.41, 5.74) is 2.74. The number of aromatic amines is 1. The average Bonchev–Trinajstić information content (AvgIpc) is 2.47. The number of nitrogens with zero attached hydrogens (tertiary/aromatic N) is 1. The first kappa shape index (κ1) is 15.2. The van der Waals surface area contributed by atoms with Gasteiger partial charge in [-0.2, -0.15) is 0 Å². The molecule has 0 bridgehead atoms. The maximum absolute atomic E-state index is 12.4. The number of sulfonamides is 1. The van der Waals surface area contributed by atoms with Crippen LogP contribution in [-0.2, 0) is 10.0 Å². The fourth-order valence-electron chi connectivity index (χ4n) is 2.35. The Morgan fingerprint density at radius 3 is 2.61 bits per heavy atom. The monoisotopic (exact) mass is 329 g/mol. The van der Waals surface area contributed by atoms with Crippen LogP contribution in [0.4, 0.5) is 5.69 Å². The molecule has 0 aliphatic carbocycles. The number of fused-ring (bicyclic) bond motifs is 1. The highest BCUT2D eigenvalue weighted by atomic mass is 32.2. The lowest BCUT2D eigenvalue weighted by atomic mass is 10.1. The molecule has 0 radical (unpaired) electrons. The average molecular weight is 329 g/mol. The molecule has 2 aromatic carbocycles. The first-order valence-electron chi connectivity index (χ1n) is 6.91. The molecule has 1 aromatic heterocycles. The largest absolute Gasteiger partial charge is 0.319 e. The summed E-state index contributed by atoms with van der Waals surface area (Å²) in [6.45, 7) is 1.86. The first-order chi connectivity index (χ1) is 10.8. The number of aryl methyl sites for hydroxylation is 1. The minimum Gasteiger partial charge on any atom is -0.319 e. The van der Waals surface area contributed by atoms with Gasteiger partial charge < -0.3 is 4.98 Å². The Balaban J connectivity index is 2.27. The Morgan fingerprint density at radius 2 is 1.87 bits per heavy atom. The number of rotatable bonds is 3. The predicted octanol–water partition coefficient (Wildman–Crippen LogP) is 2.27. The Morgan fingerprint density at radius 1 is 1.13 bits per heavy atom. The Hall–Kier alpha value is -2.67. The molecule has 6 nitrogen and oxygen atoms in total.